The molecule has 2 amide bonds. The summed E-state index contributed by atoms with van der Waals surface area (Å²) in [5.74, 6) is 0.278. The SMILES string of the molecule is Cn1nc(C(=O)N2CCCCC2)cc1NC(=O)c1cccs1. The lowest BCUT2D eigenvalue weighted by Gasteiger charge is -2.25. The molecular weight excluding hydrogens is 300 g/mol. The molecule has 1 aliphatic rings. The number of aryl methyl sites for hydroxylation is 1. The Labute approximate surface area is 132 Å². The normalized spacial score (nSPS) is 14.9. The first-order chi connectivity index (χ1) is 10.6. The summed E-state index contributed by atoms with van der Waals surface area (Å²) in [6, 6.07) is 5.23. The van der Waals surface area contributed by atoms with Crippen LogP contribution in [0.15, 0.2) is 23.6 Å². The number of carbonyl (C=O) groups is 2. The number of nitrogens with zero attached hydrogens (tertiary/aromatic N) is 3. The van der Waals surface area contributed by atoms with Crippen LogP contribution < -0.4 is 5.32 Å². The van der Waals surface area contributed by atoms with Crippen molar-refractivity contribution in [2.45, 2.75) is 19.3 Å². The molecule has 3 heterocycles. The van der Waals surface area contributed by atoms with Crippen LogP contribution in [-0.4, -0.2) is 39.6 Å². The number of piperidine rings is 1. The molecule has 2 aromatic heterocycles. The number of amides is 2. The van der Waals surface area contributed by atoms with Crippen LogP contribution in [0, 0.1) is 0 Å². The zero-order chi connectivity index (χ0) is 15.5. The summed E-state index contributed by atoms with van der Waals surface area (Å²) in [4.78, 5) is 27.0. The van der Waals surface area contributed by atoms with E-state index in [9.17, 15) is 9.59 Å². The zero-order valence-corrected chi connectivity index (χ0v) is 13.2. The molecule has 1 N–H and O–H groups in total. The van der Waals surface area contributed by atoms with E-state index in [1.54, 1.807) is 19.2 Å². The molecule has 116 valence electrons. The average Bonchev–Trinajstić information content (AvgIpc) is 3.18. The summed E-state index contributed by atoms with van der Waals surface area (Å²) in [6.07, 6.45) is 3.26. The van der Waals surface area contributed by atoms with E-state index in [1.807, 2.05) is 16.3 Å². The van der Waals surface area contributed by atoms with Gasteiger partial charge in [-0.1, -0.05) is 6.07 Å². The van der Waals surface area contributed by atoms with Crippen molar-refractivity contribution in [1.29, 1.82) is 0 Å². The first kappa shape index (κ1) is 14.8. The van der Waals surface area contributed by atoms with Crippen LogP contribution in [0.25, 0.3) is 0 Å². The fourth-order valence-corrected chi connectivity index (χ4v) is 3.15. The van der Waals surface area contributed by atoms with E-state index in [0.29, 0.717) is 16.4 Å². The first-order valence-corrected chi connectivity index (χ1v) is 8.21. The molecule has 7 heteroatoms. The van der Waals surface area contributed by atoms with Crippen molar-refractivity contribution < 1.29 is 9.59 Å². The van der Waals surface area contributed by atoms with Gasteiger partial charge in [0.25, 0.3) is 11.8 Å². The molecule has 1 fully saturated rings. The number of aromatic nitrogens is 2. The Hall–Kier alpha value is -2.15. The quantitative estimate of drug-likeness (QED) is 0.944. The number of thiophene rings is 1. The molecule has 0 radical (unpaired) electrons. The predicted octanol–water partition coefficient (Wildman–Crippen LogP) is 2.36. The van der Waals surface area contributed by atoms with Crippen molar-refractivity contribution in [3.05, 3.63) is 34.2 Å². The number of nitrogens with one attached hydrogen (secondary N) is 1. The number of anilines is 1. The number of hydrogen-bond acceptors (Lipinski definition) is 4. The lowest BCUT2D eigenvalue weighted by Crippen LogP contribution is -2.35. The predicted molar refractivity (Wildman–Crippen MR) is 85.2 cm³/mol. The molecule has 0 spiro atoms. The van der Waals surface area contributed by atoms with Gasteiger partial charge in [-0.2, -0.15) is 5.10 Å². The minimum absolute atomic E-state index is 0.0630. The smallest absolute Gasteiger partial charge is 0.274 e. The average molecular weight is 318 g/mol. The van der Waals surface area contributed by atoms with Crippen LogP contribution in [-0.2, 0) is 7.05 Å². The van der Waals surface area contributed by atoms with Crippen LogP contribution in [0.3, 0.4) is 0 Å². The van der Waals surface area contributed by atoms with Gasteiger partial charge in [0.05, 0.1) is 4.88 Å². The highest BCUT2D eigenvalue weighted by Gasteiger charge is 2.22. The largest absolute Gasteiger partial charge is 0.337 e. The maximum absolute atomic E-state index is 12.4. The molecule has 2 aromatic rings. The Morgan fingerprint density at radius 1 is 1.27 bits per heavy atom. The van der Waals surface area contributed by atoms with E-state index >= 15 is 0 Å². The van der Waals surface area contributed by atoms with Crippen molar-refractivity contribution in [3.8, 4) is 0 Å². The van der Waals surface area contributed by atoms with Crippen molar-refractivity contribution in [2.75, 3.05) is 18.4 Å². The number of likely N-dealkylation sites (tertiary alicyclic amines) is 1. The van der Waals surface area contributed by atoms with Gasteiger partial charge in [-0.05, 0) is 30.7 Å². The first-order valence-electron chi connectivity index (χ1n) is 7.33. The number of carbonyl (C=O) groups excluding carboxylic acids is 2. The van der Waals surface area contributed by atoms with E-state index in [1.165, 1.54) is 22.4 Å². The molecule has 0 saturated carbocycles. The highest BCUT2D eigenvalue weighted by Crippen LogP contribution is 2.17. The van der Waals surface area contributed by atoms with Gasteiger partial charge in [-0.25, -0.2) is 0 Å². The topological polar surface area (TPSA) is 67.2 Å². The standard InChI is InChI=1S/C15H18N4O2S/c1-18-13(16-14(20)12-6-5-9-22-12)10-11(17-18)15(21)19-7-3-2-4-8-19/h5-6,9-10H,2-4,7-8H2,1H3,(H,16,20). The van der Waals surface area contributed by atoms with Crippen LogP contribution >= 0.6 is 11.3 Å². The van der Waals surface area contributed by atoms with Gasteiger partial charge in [0.2, 0.25) is 0 Å². The Morgan fingerprint density at radius 3 is 2.73 bits per heavy atom. The monoisotopic (exact) mass is 318 g/mol. The second-order valence-electron chi connectivity index (χ2n) is 5.32. The Bertz CT molecular complexity index is 672. The van der Waals surface area contributed by atoms with Gasteiger partial charge >= 0.3 is 0 Å². The minimum Gasteiger partial charge on any atom is -0.337 e. The summed E-state index contributed by atoms with van der Waals surface area (Å²) >= 11 is 1.38. The Balaban J connectivity index is 1.73. The molecular formula is C15H18N4O2S. The van der Waals surface area contributed by atoms with Crippen molar-refractivity contribution in [3.63, 3.8) is 0 Å². The molecule has 0 aliphatic carbocycles. The van der Waals surface area contributed by atoms with Crippen LogP contribution in [0.5, 0.6) is 0 Å². The summed E-state index contributed by atoms with van der Waals surface area (Å²) in [7, 11) is 1.72. The van der Waals surface area contributed by atoms with Crippen molar-refractivity contribution in [2.24, 2.45) is 7.05 Å². The molecule has 1 saturated heterocycles. The van der Waals surface area contributed by atoms with Crippen LogP contribution in [0.2, 0.25) is 0 Å². The van der Waals surface area contributed by atoms with Gasteiger partial charge in [0, 0.05) is 26.2 Å². The molecule has 0 atom stereocenters. The molecule has 22 heavy (non-hydrogen) atoms. The fraction of sp³-hybridized carbons (Fsp3) is 0.400. The second kappa shape index (κ2) is 6.31. The van der Waals surface area contributed by atoms with Crippen molar-refractivity contribution in [1.82, 2.24) is 14.7 Å². The van der Waals surface area contributed by atoms with Gasteiger partial charge in [-0.3, -0.25) is 14.3 Å². The third-order valence-electron chi connectivity index (χ3n) is 3.73. The molecule has 3 rings (SSSR count). The van der Waals surface area contributed by atoms with Gasteiger partial charge in [-0.15, -0.1) is 11.3 Å². The summed E-state index contributed by atoms with van der Waals surface area (Å²) in [5.41, 5.74) is 0.380. The van der Waals surface area contributed by atoms with E-state index < -0.39 is 0 Å². The second-order valence-corrected chi connectivity index (χ2v) is 6.27. The summed E-state index contributed by atoms with van der Waals surface area (Å²) < 4.78 is 1.53. The van der Waals surface area contributed by atoms with E-state index in [-0.39, 0.29) is 11.8 Å². The van der Waals surface area contributed by atoms with Gasteiger partial charge < -0.3 is 10.2 Å². The maximum atomic E-state index is 12.4. The van der Waals surface area contributed by atoms with E-state index in [2.05, 4.69) is 10.4 Å². The number of hydrogen-bond donors (Lipinski definition) is 1. The zero-order valence-electron chi connectivity index (χ0n) is 12.4. The van der Waals surface area contributed by atoms with Gasteiger partial charge in [0.1, 0.15) is 5.82 Å². The van der Waals surface area contributed by atoms with Crippen LogP contribution in [0.1, 0.15) is 39.4 Å². The van der Waals surface area contributed by atoms with Gasteiger partial charge in [0.15, 0.2) is 5.69 Å². The lowest BCUT2D eigenvalue weighted by atomic mass is 10.1. The minimum atomic E-state index is -0.185. The highest BCUT2D eigenvalue weighted by molar-refractivity contribution is 7.12. The third-order valence-corrected chi connectivity index (χ3v) is 4.60. The molecule has 0 bridgehead atoms. The molecule has 0 unspecified atom stereocenters. The lowest BCUT2D eigenvalue weighted by molar-refractivity contribution is 0.0717. The van der Waals surface area contributed by atoms with Crippen LogP contribution in [0.4, 0.5) is 5.82 Å². The highest BCUT2D eigenvalue weighted by atomic mass is 32.1. The summed E-state index contributed by atoms with van der Waals surface area (Å²) in [6.45, 7) is 1.57. The van der Waals surface area contributed by atoms with Crippen molar-refractivity contribution >= 4 is 29.0 Å². The Morgan fingerprint density at radius 2 is 2.05 bits per heavy atom. The molecule has 6 nitrogen and oxygen atoms in total. The Kier molecular flexibility index (Phi) is 4.24. The molecule has 0 aromatic carbocycles. The number of rotatable bonds is 3. The fourth-order valence-electron chi connectivity index (χ4n) is 2.53. The summed E-state index contributed by atoms with van der Waals surface area (Å²) in [5, 5.41) is 8.88. The van der Waals surface area contributed by atoms with E-state index in [0.717, 1.165) is 25.9 Å². The maximum Gasteiger partial charge on any atom is 0.274 e. The molecule has 1 aliphatic heterocycles. The third kappa shape index (κ3) is 3.04. The van der Waals surface area contributed by atoms with E-state index in [4.69, 9.17) is 0 Å².